The Hall–Kier alpha value is -1.68. The number of aliphatic carboxylic acids is 1. The summed E-state index contributed by atoms with van der Waals surface area (Å²) in [6.45, 7) is 1.07. The van der Waals surface area contributed by atoms with Crippen molar-refractivity contribution in [2.75, 3.05) is 13.1 Å². The molecule has 0 aromatic heterocycles. The van der Waals surface area contributed by atoms with Gasteiger partial charge in [-0.15, -0.1) is 0 Å². The average Bonchev–Trinajstić information content (AvgIpc) is 2.23. The van der Waals surface area contributed by atoms with Crippen molar-refractivity contribution in [3.05, 3.63) is 35.9 Å². The van der Waals surface area contributed by atoms with Gasteiger partial charge in [-0.2, -0.15) is 0 Å². The molecular weight excluding hydrogens is 206 g/mol. The highest BCUT2D eigenvalue weighted by Gasteiger charge is 2.36. The molecule has 4 nitrogen and oxygen atoms in total. The Bertz CT molecular complexity index is 385. The molecule has 0 amide bonds. The minimum Gasteiger partial charge on any atom is -0.480 e. The first-order chi connectivity index (χ1) is 7.72. The topological polar surface area (TPSA) is 57.6 Å². The normalized spacial score (nSPS) is 18.8. The molecule has 0 bridgehead atoms. The molecule has 0 aliphatic carbocycles. The van der Waals surface area contributed by atoms with E-state index >= 15 is 0 Å². The Kier molecular flexibility index (Phi) is 3.01. The maximum absolute atomic E-state index is 11.2. The zero-order chi connectivity index (χ0) is 11.5. The lowest BCUT2D eigenvalue weighted by Gasteiger charge is -2.40. The van der Waals surface area contributed by atoms with Gasteiger partial charge in [-0.3, -0.25) is 9.69 Å². The van der Waals surface area contributed by atoms with Gasteiger partial charge in [0.2, 0.25) is 0 Å². The van der Waals surface area contributed by atoms with E-state index in [4.69, 9.17) is 0 Å². The summed E-state index contributed by atoms with van der Waals surface area (Å²) in [5.41, 5.74) is 0.763. The first kappa shape index (κ1) is 10.8. The van der Waals surface area contributed by atoms with Gasteiger partial charge in [-0.05, 0) is 5.56 Å². The van der Waals surface area contributed by atoms with E-state index in [9.17, 15) is 14.7 Å². The lowest BCUT2D eigenvalue weighted by molar-refractivity contribution is -0.147. The van der Waals surface area contributed by atoms with E-state index < -0.39 is 12.0 Å². The number of carboxylic acid groups (broad SMARTS) is 1. The summed E-state index contributed by atoms with van der Waals surface area (Å²) in [6.07, 6.45) is 0.889. The van der Waals surface area contributed by atoms with Crippen LogP contribution >= 0.6 is 0 Å². The van der Waals surface area contributed by atoms with Crippen LogP contribution in [0.5, 0.6) is 0 Å². The maximum Gasteiger partial charge on any atom is 0.325 e. The fraction of sp³-hybridized carbons (Fsp3) is 0.333. The number of aldehydes is 1. The van der Waals surface area contributed by atoms with Crippen molar-refractivity contribution in [3.8, 4) is 0 Å². The van der Waals surface area contributed by atoms with Crippen molar-refractivity contribution in [3.63, 3.8) is 0 Å². The minimum absolute atomic E-state index is 0.00874. The van der Waals surface area contributed by atoms with E-state index in [1.807, 2.05) is 18.2 Å². The van der Waals surface area contributed by atoms with Gasteiger partial charge in [-0.25, -0.2) is 0 Å². The fourth-order valence-electron chi connectivity index (χ4n) is 1.99. The molecule has 4 heteroatoms. The number of rotatable bonds is 4. The number of benzene rings is 1. The highest BCUT2D eigenvalue weighted by molar-refractivity contribution is 5.76. The molecule has 1 aliphatic heterocycles. The first-order valence-corrected chi connectivity index (χ1v) is 5.19. The van der Waals surface area contributed by atoms with Crippen LogP contribution in [0.3, 0.4) is 0 Å². The van der Waals surface area contributed by atoms with Gasteiger partial charge < -0.3 is 9.90 Å². The van der Waals surface area contributed by atoms with Crippen LogP contribution < -0.4 is 0 Å². The molecule has 1 aromatic rings. The molecule has 2 rings (SSSR count). The number of likely N-dealkylation sites (tertiary alicyclic amines) is 1. The number of hydrogen-bond acceptors (Lipinski definition) is 3. The van der Waals surface area contributed by atoms with Crippen LogP contribution in [0.1, 0.15) is 11.6 Å². The second-order valence-electron chi connectivity index (χ2n) is 4.00. The number of carboxylic acids is 1. The SMILES string of the molecule is O=CC1CN(C(C(=O)O)c2ccccc2)C1. The third kappa shape index (κ3) is 1.97. The van der Waals surface area contributed by atoms with Crippen molar-refractivity contribution >= 4 is 12.3 Å². The van der Waals surface area contributed by atoms with Gasteiger partial charge in [0.25, 0.3) is 0 Å². The number of nitrogens with zero attached hydrogens (tertiary/aromatic N) is 1. The Morgan fingerprint density at radius 1 is 1.38 bits per heavy atom. The quantitative estimate of drug-likeness (QED) is 0.766. The molecule has 1 aliphatic rings. The van der Waals surface area contributed by atoms with E-state index in [1.54, 1.807) is 17.0 Å². The summed E-state index contributed by atoms with van der Waals surface area (Å²) >= 11 is 0. The van der Waals surface area contributed by atoms with Gasteiger partial charge in [0.1, 0.15) is 12.3 Å². The molecule has 1 aromatic carbocycles. The molecule has 0 saturated carbocycles. The molecule has 1 unspecified atom stereocenters. The van der Waals surface area contributed by atoms with Crippen LogP contribution in [0.15, 0.2) is 30.3 Å². The van der Waals surface area contributed by atoms with E-state index in [2.05, 4.69) is 0 Å². The predicted molar refractivity (Wildman–Crippen MR) is 57.9 cm³/mol. The minimum atomic E-state index is -0.865. The molecule has 1 heterocycles. The fourth-order valence-corrected chi connectivity index (χ4v) is 1.99. The van der Waals surface area contributed by atoms with Crippen LogP contribution in [0.2, 0.25) is 0 Å². The summed E-state index contributed by atoms with van der Waals surface area (Å²) in [6, 6.07) is 8.47. The largest absolute Gasteiger partial charge is 0.480 e. The lowest BCUT2D eigenvalue weighted by atomic mass is 9.95. The highest BCUT2D eigenvalue weighted by atomic mass is 16.4. The van der Waals surface area contributed by atoms with E-state index in [0.29, 0.717) is 13.1 Å². The van der Waals surface area contributed by atoms with Crippen LogP contribution in [0, 0.1) is 5.92 Å². The summed E-state index contributed by atoms with van der Waals surface area (Å²) in [5.74, 6) is -0.874. The van der Waals surface area contributed by atoms with Crippen LogP contribution in [0.25, 0.3) is 0 Å². The number of carbonyl (C=O) groups excluding carboxylic acids is 1. The van der Waals surface area contributed by atoms with Crippen molar-refractivity contribution in [1.29, 1.82) is 0 Å². The zero-order valence-electron chi connectivity index (χ0n) is 8.74. The Morgan fingerprint density at radius 3 is 2.50 bits per heavy atom. The monoisotopic (exact) mass is 219 g/mol. The molecular formula is C12H13NO3. The predicted octanol–water partition coefficient (Wildman–Crippen LogP) is 0.943. The van der Waals surface area contributed by atoms with Gasteiger partial charge in [0, 0.05) is 19.0 Å². The molecule has 0 spiro atoms. The Morgan fingerprint density at radius 2 is 2.00 bits per heavy atom. The van der Waals surface area contributed by atoms with E-state index in [-0.39, 0.29) is 5.92 Å². The standard InChI is InChI=1S/C12H13NO3/c14-8-9-6-13(7-9)11(12(15)16)10-4-2-1-3-5-10/h1-5,8-9,11H,6-7H2,(H,15,16). The second kappa shape index (κ2) is 4.45. The van der Waals surface area contributed by atoms with Crippen molar-refractivity contribution in [1.82, 2.24) is 4.90 Å². The molecule has 1 N–H and O–H groups in total. The number of hydrogen-bond donors (Lipinski definition) is 1. The Balaban J connectivity index is 2.14. The van der Waals surface area contributed by atoms with Crippen LogP contribution in [-0.2, 0) is 9.59 Å². The van der Waals surface area contributed by atoms with Gasteiger partial charge >= 0.3 is 5.97 Å². The summed E-state index contributed by atoms with van der Waals surface area (Å²) in [5, 5.41) is 9.19. The summed E-state index contributed by atoms with van der Waals surface area (Å²) in [7, 11) is 0. The molecule has 1 saturated heterocycles. The highest BCUT2D eigenvalue weighted by Crippen LogP contribution is 2.27. The zero-order valence-corrected chi connectivity index (χ0v) is 8.74. The van der Waals surface area contributed by atoms with Crippen molar-refractivity contribution in [2.45, 2.75) is 6.04 Å². The summed E-state index contributed by atoms with van der Waals surface area (Å²) in [4.78, 5) is 23.5. The molecule has 84 valence electrons. The maximum atomic E-state index is 11.2. The smallest absolute Gasteiger partial charge is 0.325 e. The third-order valence-corrected chi connectivity index (χ3v) is 2.84. The van der Waals surface area contributed by atoms with Crippen LogP contribution in [0.4, 0.5) is 0 Å². The van der Waals surface area contributed by atoms with E-state index in [1.165, 1.54) is 0 Å². The first-order valence-electron chi connectivity index (χ1n) is 5.19. The van der Waals surface area contributed by atoms with Crippen LogP contribution in [-0.4, -0.2) is 35.4 Å². The molecule has 1 atom stereocenters. The van der Waals surface area contributed by atoms with E-state index in [0.717, 1.165) is 11.8 Å². The van der Waals surface area contributed by atoms with Gasteiger partial charge in [-0.1, -0.05) is 30.3 Å². The van der Waals surface area contributed by atoms with Gasteiger partial charge in [0.05, 0.1) is 0 Å². The Labute approximate surface area is 93.5 Å². The van der Waals surface area contributed by atoms with Crippen molar-refractivity contribution < 1.29 is 14.7 Å². The summed E-state index contributed by atoms with van der Waals surface area (Å²) < 4.78 is 0. The van der Waals surface area contributed by atoms with Gasteiger partial charge in [0.15, 0.2) is 0 Å². The molecule has 0 radical (unpaired) electrons. The molecule has 16 heavy (non-hydrogen) atoms. The lowest BCUT2D eigenvalue weighted by Crippen LogP contribution is -2.51. The second-order valence-corrected chi connectivity index (χ2v) is 4.00. The number of carbonyl (C=O) groups is 2. The van der Waals surface area contributed by atoms with Crippen molar-refractivity contribution in [2.24, 2.45) is 5.92 Å². The third-order valence-electron chi connectivity index (χ3n) is 2.84. The molecule has 1 fully saturated rings. The average molecular weight is 219 g/mol.